The molecule has 1 aliphatic heterocycles. The van der Waals surface area contributed by atoms with Crippen LogP contribution in [0.4, 0.5) is 0 Å². The van der Waals surface area contributed by atoms with Crippen LogP contribution >= 0.6 is 0 Å². The van der Waals surface area contributed by atoms with Crippen LogP contribution in [0.1, 0.15) is 6.92 Å². The van der Waals surface area contributed by atoms with E-state index in [1.54, 1.807) is 69.7 Å². The molecule has 37 heavy (non-hydrogen) atoms. The Morgan fingerprint density at radius 3 is 1.57 bits per heavy atom. The smallest absolute Gasteiger partial charge is 0.244 e. The van der Waals surface area contributed by atoms with Crippen molar-refractivity contribution in [3.05, 3.63) is 72.8 Å². The molecule has 0 aliphatic carbocycles. The summed E-state index contributed by atoms with van der Waals surface area (Å²) in [7, 11) is -4.69. The molecule has 5 rings (SSSR count). The fourth-order valence-corrected chi connectivity index (χ4v) is 8.56. The molecule has 4 aromatic rings. The lowest BCUT2D eigenvalue weighted by Crippen LogP contribution is -2.55. The van der Waals surface area contributed by atoms with Gasteiger partial charge in [0.2, 0.25) is 20.0 Å². The summed E-state index contributed by atoms with van der Waals surface area (Å²) in [5, 5.41) is 2.53. The van der Waals surface area contributed by atoms with Crippen LogP contribution < -0.4 is 9.47 Å². The lowest BCUT2D eigenvalue weighted by atomic mass is 10.1. The van der Waals surface area contributed by atoms with Crippen LogP contribution in [0.25, 0.3) is 21.5 Å². The van der Waals surface area contributed by atoms with Gasteiger partial charge < -0.3 is 9.47 Å². The number of rotatable bonds is 6. The SMILES string of the molecule is COc1ccc(S(=O)(=O)N2CCN(S(=O)(=O)c3ccc(OC)c4ccccc34)[C@H](C)C2)c2ccccc12. The highest BCUT2D eigenvalue weighted by molar-refractivity contribution is 7.90. The predicted octanol–water partition coefficient (Wildman–Crippen LogP) is 4.09. The molecule has 1 fully saturated rings. The van der Waals surface area contributed by atoms with Crippen molar-refractivity contribution in [2.75, 3.05) is 33.9 Å². The van der Waals surface area contributed by atoms with Gasteiger partial charge in [0.15, 0.2) is 0 Å². The molecule has 1 aliphatic rings. The second-order valence-electron chi connectivity index (χ2n) is 8.95. The number of fused-ring (bicyclic) bond motifs is 2. The third-order valence-electron chi connectivity index (χ3n) is 6.86. The average Bonchev–Trinajstić information content (AvgIpc) is 2.91. The number of hydrogen-bond acceptors (Lipinski definition) is 6. The summed E-state index contributed by atoms with van der Waals surface area (Å²) in [5.41, 5.74) is 0. The molecule has 4 aromatic carbocycles. The zero-order chi connectivity index (χ0) is 26.4. The van der Waals surface area contributed by atoms with Gasteiger partial charge in [0, 0.05) is 47.2 Å². The van der Waals surface area contributed by atoms with Crippen LogP contribution in [0.3, 0.4) is 0 Å². The third-order valence-corrected chi connectivity index (χ3v) is 10.9. The van der Waals surface area contributed by atoms with Gasteiger partial charge in [-0.15, -0.1) is 0 Å². The van der Waals surface area contributed by atoms with Crippen molar-refractivity contribution >= 4 is 41.6 Å². The summed E-state index contributed by atoms with van der Waals surface area (Å²) >= 11 is 0. The zero-order valence-electron chi connectivity index (χ0n) is 20.8. The maximum absolute atomic E-state index is 13.8. The maximum atomic E-state index is 13.8. The second-order valence-corrected chi connectivity index (χ2v) is 12.7. The van der Waals surface area contributed by atoms with Gasteiger partial charge in [0.05, 0.1) is 24.0 Å². The summed E-state index contributed by atoms with van der Waals surface area (Å²) < 4.78 is 68.6. The maximum Gasteiger partial charge on any atom is 0.244 e. The minimum atomic E-state index is -3.90. The molecular formula is C27H28N2O6S2. The number of ether oxygens (including phenoxy) is 2. The number of benzene rings is 4. The standard InChI is InChI=1S/C27H28N2O6S2/c1-19-18-28(36(30,31)26-14-12-24(34-2)20-8-4-6-10-22(20)26)16-17-29(19)37(32,33)27-15-13-25(35-3)21-9-5-7-11-23(21)27/h4-15,19H,16-18H2,1-3H3/t19-/m1/s1. The summed E-state index contributed by atoms with van der Waals surface area (Å²) in [5.74, 6) is 1.18. The van der Waals surface area contributed by atoms with Gasteiger partial charge in [0.1, 0.15) is 11.5 Å². The van der Waals surface area contributed by atoms with Crippen molar-refractivity contribution in [2.45, 2.75) is 22.8 Å². The van der Waals surface area contributed by atoms with Crippen LogP contribution in [-0.4, -0.2) is 65.3 Å². The topological polar surface area (TPSA) is 93.2 Å². The molecule has 0 bridgehead atoms. The van der Waals surface area contributed by atoms with Crippen molar-refractivity contribution in [3.8, 4) is 11.5 Å². The van der Waals surface area contributed by atoms with E-state index in [1.165, 1.54) is 8.61 Å². The molecule has 0 unspecified atom stereocenters. The van der Waals surface area contributed by atoms with Gasteiger partial charge in [-0.2, -0.15) is 8.61 Å². The van der Waals surface area contributed by atoms with E-state index in [9.17, 15) is 16.8 Å². The Morgan fingerprint density at radius 1 is 0.649 bits per heavy atom. The van der Waals surface area contributed by atoms with Crippen molar-refractivity contribution < 1.29 is 26.3 Å². The Kier molecular flexibility index (Phi) is 6.61. The number of sulfonamides is 2. The largest absolute Gasteiger partial charge is 0.496 e. The summed E-state index contributed by atoms with van der Waals surface area (Å²) in [4.78, 5) is 0.349. The first-order valence-corrected chi connectivity index (χ1v) is 14.7. The summed E-state index contributed by atoms with van der Waals surface area (Å²) in [6, 6.07) is 20.2. The highest BCUT2D eigenvalue weighted by Crippen LogP contribution is 2.36. The number of piperazine rings is 1. The molecule has 0 radical (unpaired) electrons. The Balaban J connectivity index is 1.47. The number of hydrogen-bond donors (Lipinski definition) is 0. The molecule has 0 spiro atoms. The molecule has 1 heterocycles. The fourth-order valence-electron chi connectivity index (χ4n) is 5.04. The van der Waals surface area contributed by atoms with Crippen LogP contribution in [0.2, 0.25) is 0 Å². The van der Waals surface area contributed by atoms with Crippen molar-refractivity contribution in [1.82, 2.24) is 8.61 Å². The lowest BCUT2D eigenvalue weighted by Gasteiger charge is -2.38. The fraction of sp³-hybridized carbons (Fsp3) is 0.259. The molecule has 0 amide bonds. The lowest BCUT2D eigenvalue weighted by molar-refractivity contribution is 0.213. The van der Waals surface area contributed by atoms with Gasteiger partial charge in [0.25, 0.3) is 0 Å². The van der Waals surface area contributed by atoms with E-state index in [4.69, 9.17) is 9.47 Å². The van der Waals surface area contributed by atoms with Crippen molar-refractivity contribution in [1.29, 1.82) is 0 Å². The number of nitrogens with zero attached hydrogens (tertiary/aromatic N) is 2. The molecule has 0 aromatic heterocycles. The molecule has 1 atom stereocenters. The summed E-state index contributed by atoms with van der Waals surface area (Å²) in [6.07, 6.45) is 0. The molecule has 194 valence electrons. The van der Waals surface area contributed by atoms with Crippen LogP contribution in [0.15, 0.2) is 82.6 Å². The average molecular weight is 541 g/mol. The highest BCUT2D eigenvalue weighted by atomic mass is 32.2. The third kappa shape index (κ3) is 4.23. The minimum Gasteiger partial charge on any atom is -0.496 e. The molecular weight excluding hydrogens is 512 g/mol. The first kappa shape index (κ1) is 25.5. The quantitative estimate of drug-likeness (QED) is 0.366. The minimum absolute atomic E-state index is 0.0377. The van der Waals surface area contributed by atoms with E-state index in [0.29, 0.717) is 33.0 Å². The molecule has 8 nitrogen and oxygen atoms in total. The molecule has 0 N–H and O–H groups in total. The van der Waals surface area contributed by atoms with Crippen LogP contribution in [0, 0.1) is 0 Å². The van der Waals surface area contributed by atoms with E-state index >= 15 is 0 Å². The highest BCUT2D eigenvalue weighted by Gasteiger charge is 2.39. The van der Waals surface area contributed by atoms with Crippen LogP contribution in [-0.2, 0) is 20.0 Å². The van der Waals surface area contributed by atoms with Gasteiger partial charge in [-0.3, -0.25) is 0 Å². The zero-order valence-corrected chi connectivity index (χ0v) is 22.4. The van der Waals surface area contributed by atoms with E-state index < -0.39 is 26.1 Å². The summed E-state index contributed by atoms with van der Waals surface area (Å²) in [6.45, 7) is 1.85. The van der Waals surface area contributed by atoms with E-state index in [0.717, 1.165) is 0 Å². The van der Waals surface area contributed by atoms with E-state index in [2.05, 4.69) is 0 Å². The van der Waals surface area contributed by atoms with Gasteiger partial charge in [-0.05, 0) is 31.2 Å². The second kappa shape index (κ2) is 9.60. The first-order valence-electron chi connectivity index (χ1n) is 11.8. The van der Waals surface area contributed by atoms with Crippen molar-refractivity contribution in [2.24, 2.45) is 0 Å². The Morgan fingerprint density at radius 2 is 1.11 bits per heavy atom. The van der Waals surface area contributed by atoms with E-state index in [1.807, 2.05) is 24.3 Å². The van der Waals surface area contributed by atoms with Crippen molar-refractivity contribution in [3.63, 3.8) is 0 Å². The Hall–Kier alpha value is -3.18. The molecule has 10 heteroatoms. The monoisotopic (exact) mass is 540 g/mol. The Bertz CT molecular complexity index is 1700. The van der Waals surface area contributed by atoms with Crippen LogP contribution in [0.5, 0.6) is 11.5 Å². The van der Waals surface area contributed by atoms with E-state index in [-0.39, 0.29) is 29.4 Å². The number of methoxy groups -OCH3 is 2. The van der Waals surface area contributed by atoms with Gasteiger partial charge >= 0.3 is 0 Å². The normalized spacial score (nSPS) is 17.8. The van der Waals surface area contributed by atoms with Gasteiger partial charge in [-0.1, -0.05) is 48.5 Å². The molecule has 1 saturated heterocycles. The van der Waals surface area contributed by atoms with Gasteiger partial charge in [-0.25, -0.2) is 16.8 Å². The molecule has 0 saturated carbocycles. The predicted molar refractivity (Wildman–Crippen MR) is 143 cm³/mol. The first-order chi connectivity index (χ1) is 17.7. The Labute approximate surface area is 217 Å².